The van der Waals surface area contributed by atoms with E-state index in [0.717, 1.165) is 11.3 Å². The fourth-order valence-electron chi connectivity index (χ4n) is 1.27. The van der Waals surface area contributed by atoms with Gasteiger partial charge in [0.2, 0.25) is 0 Å². The zero-order valence-corrected chi connectivity index (χ0v) is 8.37. The number of benzene rings is 1. The van der Waals surface area contributed by atoms with Crippen LogP contribution in [0.5, 0.6) is 0 Å². The lowest BCUT2D eigenvalue weighted by Gasteiger charge is -1.92. The first-order valence-electron chi connectivity index (χ1n) is 4.72. The molecule has 1 aromatic carbocycles. The van der Waals surface area contributed by atoms with Crippen LogP contribution in [0.25, 0.3) is 12.2 Å². The Morgan fingerprint density at radius 2 is 1.88 bits per heavy atom. The summed E-state index contributed by atoms with van der Waals surface area (Å²) in [5.74, 6) is 0.748. The molecule has 0 amide bonds. The van der Waals surface area contributed by atoms with E-state index in [1.54, 1.807) is 30.5 Å². The molecule has 0 N–H and O–H groups in total. The molecule has 0 aliphatic rings. The van der Waals surface area contributed by atoms with Crippen LogP contribution in [-0.4, -0.2) is 4.92 Å². The average Bonchev–Trinajstić information content (AvgIpc) is 2.80. The zero-order chi connectivity index (χ0) is 11.4. The lowest BCUT2D eigenvalue weighted by atomic mass is 10.2. The van der Waals surface area contributed by atoms with Gasteiger partial charge in [-0.25, -0.2) is 0 Å². The molecule has 0 aliphatic heterocycles. The first kappa shape index (κ1) is 10.2. The van der Waals surface area contributed by atoms with E-state index in [1.165, 1.54) is 12.1 Å². The van der Waals surface area contributed by atoms with E-state index in [9.17, 15) is 10.1 Å². The first-order chi connectivity index (χ1) is 7.75. The first-order valence-corrected chi connectivity index (χ1v) is 4.72. The fraction of sp³-hybridized carbons (Fsp3) is 0. The van der Waals surface area contributed by atoms with Crippen molar-refractivity contribution in [2.75, 3.05) is 0 Å². The molecule has 4 heteroatoms. The molecule has 0 spiro atoms. The number of furan rings is 1. The van der Waals surface area contributed by atoms with Crippen LogP contribution in [0.1, 0.15) is 11.3 Å². The van der Waals surface area contributed by atoms with Crippen molar-refractivity contribution >= 4 is 17.8 Å². The Hall–Kier alpha value is -2.36. The van der Waals surface area contributed by atoms with Crippen molar-refractivity contribution in [1.29, 1.82) is 0 Å². The number of hydrogen-bond acceptors (Lipinski definition) is 3. The van der Waals surface area contributed by atoms with Gasteiger partial charge in [0.25, 0.3) is 5.69 Å². The summed E-state index contributed by atoms with van der Waals surface area (Å²) < 4.78 is 5.12. The third kappa shape index (κ3) is 2.36. The second-order valence-corrected chi connectivity index (χ2v) is 3.20. The fourth-order valence-corrected chi connectivity index (χ4v) is 1.27. The summed E-state index contributed by atoms with van der Waals surface area (Å²) in [6.45, 7) is 0. The molecule has 0 atom stereocenters. The van der Waals surface area contributed by atoms with Crippen LogP contribution in [0, 0.1) is 10.1 Å². The molecule has 0 saturated heterocycles. The van der Waals surface area contributed by atoms with E-state index in [4.69, 9.17) is 4.42 Å². The number of nitro benzene ring substituents is 1. The molecule has 0 unspecified atom stereocenters. The summed E-state index contributed by atoms with van der Waals surface area (Å²) >= 11 is 0. The minimum Gasteiger partial charge on any atom is -0.465 e. The molecule has 80 valence electrons. The molecule has 0 radical (unpaired) electrons. The SMILES string of the molecule is O=[N+]([O-])c1ccc(/C=C/c2ccco2)cc1. The maximum atomic E-state index is 10.4. The molecule has 2 rings (SSSR count). The van der Waals surface area contributed by atoms with E-state index in [0.29, 0.717) is 0 Å². The Labute approximate surface area is 92.0 Å². The molecule has 0 bridgehead atoms. The summed E-state index contributed by atoms with van der Waals surface area (Å²) in [4.78, 5) is 10.0. The van der Waals surface area contributed by atoms with E-state index in [-0.39, 0.29) is 5.69 Å². The summed E-state index contributed by atoms with van der Waals surface area (Å²) in [7, 11) is 0. The molecule has 0 saturated carbocycles. The van der Waals surface area contributed by atoms with Crippen LogP contribution >= 0.6 is 0 Å². The van der Waals surface area contributed by atoms with Gasteiger partial charge < -0.3 is 4.42 Å². The van der Waals surface area contributed by atoms with Gasteiger partial charge in [-0.05, 0) is 35.9 Å². The van der Waals surface area contributed by atoms with Gasteiger partial charge in [0.15, 0.2) is 0 Å². The third-order valence-corrected chi connectivity index (χ3v) is 2.09. The standard InChI is InChI=1S/C12H9NO3/c14-13(15)11-6-3-10(4-7-11)5-8-12-2-1-9-16-12/h1-9H/b8-5+. The second kappa shape index (κ2) is 4.44. The number of rotatable bonds is 3. The Morgan fingerprint density at radius 3 is 2.44 bits per heavy atom. The maximum absolute atomic E-state index is 10.4. The molecule has 1 aromatic heterocycles. The van der Waals surface area contributed by atoms with E-state index in [2.05, 4.69) is 0 Å². The Morgan fingerprint density at radius 1 is 1.12 bits per heavy atom. The van der Waals surface area contributed by atoms with E-state index < -0.39 is 4.92 Å². The molecule has 0 aliphatic carbocycles. The van der Waals surface area contributed by atoms with E-state index in [1.807, 2.05) is 12.1 Å². The van der Waals surface area contributed by atoms with Crippen LogP contribution in [0.4, 0.5) is 5.69 Å². The maximum Gasteiger partial charge on any atom is 0.269 e. The summed E-state index contributed by atoms with van der Waals surface area (Å²) in [6.07, 6.45) is 5.24. The smallest absolute Gasteiger partial charge is 0.269 e. The predicted molar refractivity (Wildman–Crippen MR) is 60.7 cm³/mol. The highest BCUT2D eigenvalue weighted by molar-refractivity contribution is 5.67. The van der Waals surface area contributed by atoms with Gasteiger partial charge in [-0.2, -0.15) is 0 Å². The summed E-state index contributed by atoms with van der Waals surface area (Å²) in [5, 5.41) is 10.4. The Balaban J connectivity index is 2.14. The van der Waals surface area contributed by atoms with Crippen molar-refractivity contribution in [3.8, 4) is 0 Å². The van der Waals surface area contributed by atoms with Gasteiger partial charge in [-0.15, -0.1) is 0 Å². The molecular weight excluding hydrogens is 206 g/mol. The number of hydrogen-bond donors (Lipinski definition) is 0. The van der Waals surface area contributed by atoms with Crippen molar-refractivity contribution in [3.63, 3.8) is 0 Å². The third-order valence-electron chi connectivity index (χ3n) is 2.09. The topological polar surface area (TPSA) is 56.3 Å². The zero-order valence-electron chi connectivity index (χ0n) is 8.37. The average molecular weight is 215 g/mol. The predicted octanol–water partition coefficient (Wildman–Crippen LogP) is 3.36. The van der Waals surface area contributed by atoms with Crippen molar-refractivity contribution in [2.45, 2.75) is 0 Å². The minimum absolute atomic E-state index is 0.0927. The molecule has 16 heavy (non-hydrogen) atoms. The normalized spacial score (nSPS) is 10.8. The van der Waals surface area contributed by atoms with Gasteiger partial charge in [0, 0.05) is 12.1 Å². The lowest BCUT2D eigenvalue weighted by molar-refractivity contribution is -0.384. The van der Waals surface area contributed by atoms with Crippen LogP contribution < -0.4 is 0 Å². The summed E-state index contributed by atoms with van der Waals surface area (Å²) in [6, 6.07) is 9.97. The van der Waals surface area contributed by atoms with E-state index >= 15 is 0 Å². The highest BCUT2D eigenvalue weighted by Crippen LogP contribution is 2.14. The van der Waals surface area contributed by atoms with Gasteiger partial charge in [0.05, 0.1) is 11.2 Å². The van der Waals surface area contributed by atoms with Crippen molar-refractivity contribution in [3.05, 3.63) is 64.1 Å². The number of non-ortho nitro benzene ring substituents is 1. The van der Waals surface area contributed by atoms with Crippen LogP contribution in [0.2, 0.25) is 0 Å². The van der Waals surface area contributed by atoms with Gasteiger partial charge >= 0.3 is 0 Å². The largest absolute Gasteiger partial charge is 0.465 e. The van der Waals surface area contributed by atoms with Crippen LogP contribution in [0.15, 0.2) is 47.1 Å². The molecule has 2 aromatic rings. The highest BCUT2D eigenvalue weighted by Gasteiger charge is 2.02. The number of nitrogens with zero attached hydrogens (tertiary/aromatic N) is 1. The van der Waals surface area contributed by atoms with Gasteiger partial charge in [-0.1, -0.05) is 6.08 Å². The minimum atomic E-state index is -0.417. The molecule has 0 fully saturated rings. The molecule has 4 nitrogen and oxygen atoms in total. The van der Waals surface area contributed by atoms with Crippen molar-refractivity contribution in [1.82, 2.24) is 0 Å². The summed E-state index contributed by atoms with van der Waals surface area (Å²) in [5.41, 5.74) is 0.983. The molecular formula is C12H9NO3. The van der Waals surface area contributed by atoms with Gasteiger partial charge in [-0.3, -0.25) is 10.1 Å². The second-order valence-electron chi connectivity index (χ2n) is 3.20. The Bertz CT molecular complexity index is 498. The lowest BCUT2D eigenvalue weighted by Crippen LogP contribution is -1.86. The van der Waals surface area contributed by atoms with Crippen LogP contribution in [-0.2, 0) is 0 Å². The quantitative estimate of drug-likeness (QED) is 0.582. The van der Waals surface area contributed by atoms with Crippen molar-refractivity contribution in [2.24, 2.45) is 0 Å². The van der Waals surface area contributed by atoms with Gasteiger partial charge in [0.1, 0.15) is 5.76 Å². The number of nitro groups is 1. The monoisotopic (exact) mass is 215 g/mol. The molecule has 1 heterocycles. The Kier molecular flexibility index (Phi) is 2.82. The van der Waals surface area contributed by atoms with Crippen LogP contribution in [0.3, 0.4) is 0 Å². The van der Waals surface area contributed by atoms with Crippen molar-refractivity contribution < 1.29 is 9.34 Å². The highest BCUT2D eigenvalue weighted by atomic mass is 16.6.